The molecule has 7 heavy (non-hydrogen) atoms. The van der Waals surface area contributed by atoms with Crippen LogP contribution in [0.1, 0.15) is 13.8 Å². The minimum atomic E-state index is 0.273. The molecule has 0 aromatic carbocycles. The predicted molar refractivity (Wildman–Crippen MR) is 28.0 cm³/mol. The van der Waals surface area contributed by atoms with Crippen LogP contribution in [0.2, 0.25) is 0 Å². The van der Waals surface area contributed by atoms with Crippen LogP contribution in [0, 0.1) is 0 Å². The van der Waals surface area contributed by atoms with Crippen LogP contribution in [0.5, 0.6) is 0 Å². The molecular weight excluding hydrogens is 90.1 g/mol. The van der Waals surface area contributed by atoms with Crippen molar-refractivity contribution in [1.29, 1.82) is 0 Å². The van der Waals surface area contributed by atoms with E-state index in [1.165, 1.54) is 0 Å². The molecule has 1 fully saturated rings. The Balaban J connectivity index is 2.26. The second kappa shape index (κ2) is 1.80. The summed E-state index contributed by atoms with van der Waals surface area (Å²) < 4.78 is 5.25. The molecule has 2 heteroatoms. The van der Waals surface area contributed by atoms with E-state index in [1.807, 2.05) is 6.92 Å². The third-order valence-electron chi connectivity index (χ3n) is 1.13. The Morgan fingerprint density at radius 2 is 2.29 bits per heavy atom. The molecule has 0 amide bonds. The van der Waals surface area contributed by atoms with Gasteiger partial charge in [0.05, 0.1) is 6.10 Å². The maximum Gasteiger partial charge on any atom is 0.105 e. The molecule has 1 aliphatic heterocycles. The van der Waals surface area contributed by atoms with Crippen molar-refractivity contribution in [2.45, 2.75) is 26.2 Å². The Morgan fingerprint density at radius 3 is 2.43 bits per heavy atom. The van der Waals surface area contributed by atoms with Crippen LogP contribution in [0.4, 0.5) is 0 Å². The normalized spacial score (nSPS) is 42.0. The molecule has 1 heterocycles. The molecule has 0 saturated carbocycles. The topological polar surface area (TPSA) is 21.3 Å². The molecule has 0 aromatic rings. The molecule has 0 radical (unpaired) electrons. The zero-order valence-electron chi connectivity index (χ0n) is 4.77. The van der Waals surface area contributed by atoms with Crippen molar-refractivity contribution in [2.24, 2.45) is 0 Å². The molecule has 1 saturated heterocycles. The maximum absolute atomic E-state index is 5.25. The predicted octanol–water partition coefficient (Wildman–Crippen LogP) is 0.341. The molecule has 1 aliphatic rings. The molecule has 0 unspecified atom stereocenters. The minimum Gasteiger partial charge on any atom is -0.359 e. The van der Waals surface area contributed by atoms with Crippen LogP contribution < -0.4 is 5.32 Å². The van der Waals surface area contributed by atoms with E-state index < -0.39 is 0 Å². The number of ether oxygens (including phenoxy) is 1. The fourth-order valence-electron chi connectivity index (χ4n) is 0.777. The highest BCUT2D eigenvalue weighted by atomic mass is 16.5. The van der Waals surface area contributed by atoms with E-state index in [4.69, 9.17) is 4.74 Å². The second-order valence-corrected chi connectivity index (χ2v) is 2.00. The van der Waals surface area contributed by atoms with Gasteiger partial charge in [-0.05, 0) is 13.8 Å². The molecule has 1 N–H and O–H groups in total. The SMILES string of the molecule is C[C@H]1CN[C@H](C)O1. The summed E-state index contributed by atoms with van der Waals surface area (Å²) >= 11 is 0. The van der Waals surface area contributed by atoms with Crippen LogP contribution in [0.25, 0.3) is 0 Å². The van der Waals surface area contributed by atoms with Gasteiger partial charge in [-0.3, -0.25) is 5.32 Å². The van der Waals surface area contributed by atoms with Crippen LogP contribution in [0.3, 0.4) is 0 Å². The Morgan fingerprint density at radius 1 is 1.57 bits per heavy atom. The van der Waals surface area contributed by atoms with Crippen molar-refractivity contribution in [1.82, 2.24) is 5.32 Å². The molecule has 0 bridgehead atoms. The Kier molecular flexibility index (Phi) is 1.30. The van der Waals surface area contributed by atoms with E-state index in [0.29, 0.717) is 6.10 Å². The van der Waals surface area contributed by atoms with Crippen molar-refractivity contribution in [3.63, 3.8) is 0 Å². The summed E-state index contributed by atoms with van der Waals surface area (Å²) in [7, 11) is 0. The first-order valence-electron chi connectivity index (χ1n) is 2.68. The summed E-state index contributed by atoms with van der Waals surface area (Å²) in [5.74, 6) is 0. The minimum absolute atomic E-state index is 0.273. The number of rotatable bonds is 0. The van der Waals surface area contributed by atoms with Crippen molar-refractivity contribution in [3.05, 3.63) is 0 Å². The average molecular weight is 101 g/mol. The van der Waals surface area contributed by atoms with Gasteiger partial charge < -0.3 is 4.74 Å². The molecule has 0 spiro atoms. The molecule has 42 valence electrons. The second-order valence-electron chi connectivity index (χ2n) is 2.00. The van der Waals surface area contributed by atoms with Crippen molar-refractivity contribution < 1.29 is 4.74 Å². The summed E-state index contributed by atoms with van der Waals surface area (Å²) in [6, 6.07) is 0. The third kappa shape index (κ3) is 1.14. The number of hydrogen-bond acceptors (Lipinski definition) is 2. The number of hydrogen-bond donors (Lipinski definition) is 1. The van der Waals surface area contributed by atoms with Gasteiger partial charge in [0.15, 0.2) is 0 Å². The Bertz CT molecular complexity index is 57.1. The average Bonchev–Trinajstić information content (AvgIpc) is 1.87. The van der Waals surface area contributed by atoms with Crippen molar-refractivity contribution >= 4 is 0 Å². The fraction of sp³-hybridized carbons (Fsp3) is 1.00. The van der Waals surface area contributed by atoms with Gasteiger partial charge in [0.2, 0.25) is 0 Å². The van der Waals surface area contributed by atoms with Gasteiger partial charge in [-0.2, -0.15) is 0 Å². The lowest BCUT2D eigenvalue weighted by atomic mass is 10.4. The number of nitrogens with one attached hydrogen (secondary N) is 1. The first-order valence-corrected chi connectivity index (χ1v) is 2.68. The van der Waals surface area contributed by atoms with E-state index in [0.717, 1.165) is 6.54 Å². The zero-order chi connectivity index (χ0) is 5.28. The lowest BCUT2D eigenvalue weighted by molar-refractivity contribution is 0.0637. The van der Waals surface area contributed by atoms with E-state index in [-0.39, 0.29) is 6.23 Å². The molecule has 0 aliphatic carbocycles. The van der Waals surface area contributed by atoms with Gasteiger partial charge in [0, 0.05) is 6.54 Å². The lowest BCUT2D eigenvalue weighted by Gasteiger charge is -2.00. The van der Waals surface area contributed by atoms with Crippen LogP contribution in [0.15, 0.2) is 0 Å². The monoisotopic (exact) mass is 101 g/mol. The zero-order valence-corrected chi connectivity index (χ0v) is 4.77. The van der Waals surface area contributed by atoms with Gasteiger partial charge in [0.1, 0.15) is 6.23 Å². The van der Waals surface area contributed by atoms with Gasteiger partial charge in [0.25, 0.3) is 0 Å². The smallest absolute Gasteiger partial charge is 0.105 e. The van der Waals surface area contributed by atoms with Crippen LogP contribution in [-0.2, 0) is 4.74 Å². The van der Waals surface area contributed by atoms with Gasteiger partial charge in [-0.15, -0.1) is 0 Å². The van der Waals surface area contributed by atoms with Crippen molar-refractivity contribution in [3.8, 4) is 0 Å². The highest BCUT2D eigenvalue weighted by Gasteiger charge is 2.14. The standard InChI is InChI=1S/C5H11NO/c1-4-3-6-5(2)7-4/h4-6H,3H2,1-2H3/t4-,5-/m0/s1. The van der Waals surface area contributed by atoms with Crippen molar-refractivity contribution in [2.75, 3.05) is 6.54 Å². The summed E-state index contributed by atoms with van der Waals surface area (Å²) in [5, 5.41) is 3.15. The quantitative estimate of drug-likeness (QED) is 0.475. The van der Waals surface area contributed by atoms with Crippen LogP contribution in [-0.4, -0.2) is 18.9 Å². The summed E-state index contributed by atoms with van der Waals surface area (Å²) in [6.45, 7) is 5.08. The Labute approximate surface area is 43.9 Å². The van der Waals surface area contributed by atoms with Gasteiger partial charge >= 0.3 is 0 Å². The fourth-order valence-corrected chi connectivity index (χ4v) is 0.777. The van der Waals surface area contributed by atoms with Crippen LogP contribution >= 0.6 is 0 Å². The molecule has 2 nitrogen and oxygen atoms in total. The lowest BCUT2D eigenvalue weighted by Crippen LogP contribution is -2.17. The first-order chi connectivity index (χ1) is 3.29. The van der Waals surface area contributed by atoms with Gasteiger partial charge in [-0.1, -0.05) is 0 Å². The largest absolute Gasteiger partial charge is 0.359 e. The van der Waals surface area contributed by atoms with E-state index in [9.17, 15) is 0 Å². The highest BCUT2D eigenvalue weighted by Crippen LogP contribution is 2.00. The molecule has 0 aromatic heterocycles. The first kappa shape index (κ1) is 5.06. The van der Waals surface area contributed by atoms with Gasteiger partial charge in [-0.25, -0.2) is 0 Å². The highest BCUT2D eigenvalue weighted by molar-refractivity contribution is 4.64. The summed E-state index contributed by atoms with van der Waals surface area (Å²) in [4.78, 5) is 0. The van der Waals surface area contributed by atoms with E-state index in [2.05, 4.69) is 12.2 Å². The summed E-state index contributed by atoms with van der Waals surface area (Å²) in [6.07, 6.45) is 0.685. The Hall–Kier alpha value is -0.0800. The molecule has 2 atom stereocenters. The maximum atomic E-state index is 5.25. The molecular formula is C5H11NO. The summed E-state index contributed by atoms with van der Waals surface area (Å²) in [5.41, 5.74) is 0. The third-order valence-corrected chi connectivity index (χ3v) is 1.13. The van der Waals surface area contributed by atoms with E-state index >= 15 is 0 Å². The van der Waals surface area contributed by atoms with E-state index in [1.54, 1.807) is 0 Å². The molecule has 1 rings (SSSR count).